The molecule has 1 aromatic heterocycles. The molecule has 0 saturated carbocycles. The predicted octanol–water partition coefficient (Wildman–Crippen LogP) is 4.91. The SMILES string of the molecule is O=C(OC(Cl)(Cl)c1ccccc1)n1ccc2ccccc21. The molecule has 0 N–H and O–H groups in total. The first-order chi connectivity index (χ1) is 10.1. The highest BCUT2D eigenvalue weighted by molar-refractivity contribution is 6.47. The van der Waals surface area contributed by atoms with Crippen LogP contribution in [-0.4, -0.2) is 10.7 Å². The molecule has 21 heavy (non-hydrogen) atoms. The van der Waals surface area contributed by atoms with Gasteiger partial charge in [-0.3, -0.25) is 4.57 Å². The van der Waals surface area contributed by atoms with Gasteiger partial charge in [0.15, 0.2) is 0 Å². The molecular weight excluding hydrogens is 309 g/mol. The number of carbonyl (C=O) groups is 1. The van der Waals surface area contributed by atoms with Gasteiger partial charge in [-0.15, -0.1) is 0 Å². The number of rotatable bonds is 2. The van der Waals surface area contributed by atoms with Crippen LogP contribution in [0.25, 0.3) is 10.9 Å². The van der Waals surface area contributed by atoms with Gasteiger partial charge >= 0.3 is 6.09 Å². The zero-order valence-electron chi connectivity index (χ0n) is 10.9. The minimum absolute atomic E-state index is 0.498. The summed E-state index contributed by atoms with van der Waals surface area (Å²) >= 11 is 12.3. The van der Waals surface area contributed by atoms with E-state index in [4.69, 9.17) is 27.9 Å². The molecule has 0 aliphatic rings. The van der Waals surface area contributed by atoms with Crippen LogP contribution in [-0.2, 0) is 9.26 Å². The number of alkyl halides is 2. The average Bonchev–Trinajstić information content (AvgIpc) is 2.92. The van der Waals surface area contributed by atoms with E-state index in [1.54, 1.807) is 30.5 Å². The van der Waals surface area contributed by atoms with Gasteiger partial charge < -0.3 is 4.74 Å². The molecule has 1 heterocycles. The van der Waals surface area contributed by atoms with Crippen LogP contribution < -0.4 is 0 Å². The zero-order valence-corrected chi connectivity index (χ0v) is 12.4. The Morgan fingerprint density at radius 3 is 2.38 bits per heavy atom. The Kier molecular flexibility index (Phi) is 3.62. The maximum atomic E-state index is 12.3. The number of benzene rings is 2. The average molecular weight is 320 g/mol. The second kappa shape index (κ2) is 5.43. The summed E-state index contributed by atoms with van der Waals surface area (Å²) in [5.74, 6) is 0. The fraction of sp³-hybridized carbons (Fsp3) is 0.0625. The van der Waals surface area contributed by atoms with Crippen LogP contribution in [0, 0.1) is 0 Å². The standard InChI is InChI=1S/C16H11Cl2NO2/c17-16(18,13-7-2-1-3-8-13)21-15(20)19-11-10-12-6-4-5-9-14(12)19/h1-11H. The lowest BCUT2D eigenvalue weighted by atomic mass is 10.2. The number of hydrogen-bond acceptors (Lipinski definition) is 2. The molecule has 2 aromatic carbocycles. The molecule has 0 atom stereocenters. The fourth-order valence-electron chi connectivity index (χ4n) is 2.09. The highest BCUT2D eigenvalue weighted by Crippen LogP contribution is 2.35. The summed E-state index contributed by atoms with van der Waals surface area (Å²) in [5, 5.41) is 0.934. The zero-order chi connectivity index (χ0) is 14.9. The van der Waals surface area contributed by atoms with Gasteiger partial charge in [-0.25, -0.2) is 4.79 Å². The highest BCUT2D eigenvalue weighted by atomic mass is 35.5. The number of nitrogens with zero attached hydrogens (tertiary/aromatic N) is 1. The van der Waals surface area contributed by atoms with E-state index >= 15 is 0 Å². The monoisotopic (exact) mass is 319 g/mol. The number of ether oxygens (including phenoxy) is 1. The Bertz CT molecular complexity index is 781. The van der Waals surface area contributed by atoms with Gasteiger partial charge in [-0.05, 0) is 12.1 Å². The summed E-state index contributed by atoms with van der Waals surface area (Å²) in [5.41, 5.74) is 1.23. The van der Waals surface area contributed by atoms with E-state index in [9.17, 15) is 4.79 Å². The number of para-hydroxylation sites is 1. The second-order valence-corrected chi connectivity index (χ2v) is 5.75. The molecule has 0 unspecified atom stereocenters. The lowest BCUT2D eigenvalue weighted by molar-refractivity contribution is 0.117. The fourth-order valence-corrected chi connectivity index (χ4v) is 2.48. The summed E-state index contributed by atoms with van der Waals surface area (Å²) in [6, 6.07) is 18.1. The second-order valence-electron chi connectivity index (χ2n) is 4.50. The number of carbonyl (C=O) groups excluding carboxylic acids is 1. The van der Waals surface area contributed by atoms with Crippen molar-refractivity contribution in [3.63, 3.8) is 0 Å². The van der Waals surface area contributed by atoms with Crippen LogP contribution >= 0.6 is 23.2 Å². The van der Waals surface area contributed by atoms with Crippen LogP contribution in [0.5, 0.6) is 0 Å². The van der Waals surface area contributed by atoms with Gasteiger partial charge in [0.1, 0.15) is 0 Å². The normalized spacial score (nSPS) is 11.5. The maximum Gasteiger partial charge on any atom is 0.421 e. The van der Waals surface area contributed by atoms with E-state index in [1.165, 1.54) is 4.57 Å². The molecule has 0 aliphatic heterocycles. The van der Waals surface area contributed by atoms with Gasteiger partial charge in [-0.2, -0.15) is 0 Å². The van der Waals surface area contributed by atoms with Crippen molar-refractivity contribution < 1.29 is 9.53 Å². The molecule has 0 saturated heterocycles. The Labute approximate surface area is 131 Å². The van der Waals surface area contributed by atoms with E-state index in [0.29, 0.717) is 5.56 Å². The van der Waals surface area contributed by atoms with Crippen molar-refractivity contribution in [2.75, 3.05) is 0 Å². The third-order valence-corrected chi connectivity index (χ3v) is 3.71. The quantitative estimate of drug-likeness (QED) is 0.628. The topological polar surface area (TPSA) is 31.2 Å². The molecule has 0 amide bonds. The van der Waals surface area contributed by atoms with Gasteiger partial charge in [-0.1, -0.05) is 71.7 Å². The molecule has 0 aliphatic carbocycles. The minimum Gasteiger partial charge on any atom is -0.407 e. The summed E-state index contributed by atoms with van der Waals surface area (Å²) in [7, 11) is 0. The minimum atomic E-state index is -1.73. The van der Waals surface area contributed by atoms with Gasteiger partial charge in [0, 0.05) is 17.1 Å². The van der Waals surface area contributed by atoms with Crippen molar-refractivity contribution in [2.24, 2.45) is 0 Å². The van der Waals surface area contributed by atoms with Gasteiger partial charge in [0.2, 0.25) is 0 Å². The molecule has 3 rings (SSSR count). The van der Waals surface area contributed by atoms with Crippen molar-refractivity contribution in [1.29, 1.82) is 0 Å². The lowest BCUT2D eigenvalue weighted by Gasteiger charge is -2.20. The van der Waals surface area contributed by atoms with Crippen molar-refractivity contribution >= 4 is 40.2 Å². The molecule has 0 radical (unpaired) electrons. The predicted molar refractivity (Wildman–Crippen MR) is 83.6 cm³/mol. The van der Waals surface area contributed by atoms with Crippen molar-refractivity contribution in [3.8, 4) is 0 Å². The van der Waals surface area contributed by atoms with E-state index in [-0.39, 0.29) is 0 Å². The number of fused-ring (bicyclic) bond motifs is 1. The van der Waals surface area contributed by atoms with E-state index in [0.717, 1.165) is 10.9 Å². The van der Waals surface area contributed by atoms with Crippen LogP contribution in [0.15, 0.2) is 66.9 Å². The summed E-state index contributed by atoms with van der Waals surface area (Å²) < 4.78 is 4.87. The van der Waals surface area contributed by atoms with Crippen LogP contribution in [0.1, 0.15) is 5.56 Å². The molecule has 106 valence electrons. The van der Waals surface area contributed by atoms with E-state index in [1.807, 2.05) is 36.4 Å². The van der Waals surface area contributed by atoms with Crippen LogP contribution in [0.2, 0.25) is 0 Å². The first kappa shape index (κ1) is 14.0. The first-order valence-corrected chi connectivity index (χ1v) is 7.06. The van der Waals surface area contributed by atoms with Crippen molar-refractivity contribution in [2.45, 2.75) is 4.52 Å². The van der Waals surface area contributed by atoms with Gasteiger partial charge in [0.25, 0.3) is 4.52 Å². The molecule has 0 bridgehead atoms. The third-order valence-electron chi connectivity index (χ3n) is 3.12. The first-order valence-electron chi connectivity index (χ1n) is 6.31. The molecule has 3 aromatic rings. The van der Waals surface area contributed by atoms with Crippen LogP contribution in [0.4, 0.5) is 4.79 Å². The van der Waals surface area contributed by atoms with Crippen LogP contribution in [0.3, 0.4) is 0 Å². The Balaban J connectivity index is 1.90. The summed E-state index contributed by atoms with van der Waals surface area (Å²) in [6.45, 7) is 0. The molecule has 0 fully saturated rings. The van der Waals surface area contributed by atoms with Gasteiger partial charge in [0.05, 0.1) is 5.52 Å². The smallest absolute Gasteiger partial charge is 0.407 e. The summed E-state index contributed by atoms with van der Waals surface area (Å²) in [4.78, 5) is 12.3. The highest BCUT2D eigenvalue weighted by Gasteiger charge is 2.32. The molecule has 5 heteroatoms. The number of halogens is 2. The third kappa shape index (κ3) is 2.75. The van der Waals surface area contributed by atoms with Crippen molar-refractivity contribution in [3.05, 3.63) is 72.4 Å². The Morgan fingerprint density at radius 1 is 0.952 bits per heavy atom. The van der Waals surface area contributed by atoms with E-state index < -0.39 is 10.6 Å². The summed E-state index contributed by atoms with van der Waals surface area (Å²) in [6.07, 6.45) is 0.993. The molecule has 3 nitrogen and oxygen atoms in total. The Hall–Kier alpha value is -1.97. The van der Waals surface area contributed by atoms with Crippen molar-refractivity contribution in [1.82, 2.24) is 4.57 Å². The number of aromatic nitrogens is 1. The molecule has 0 spiro atoms. The lowest BCUT2D eigenvalue weighted by Crippen LogP contribution is -2.23. The Morgan fingerprint density at radius 2 is 1.62 bits per heavy atom. The maximum absolute atomic E-state index is 12.3. The molecular formula is C16H11Cl2NO2. The van der Waals surface area contributed by atoms with E-state index in [2.05, 4.69) is 0 Å². The largest absolute Gasteiger partial charge is 0.421 e. The number of hydrogen-bond donors (Lipinski definition) is 0.